The molecule has 8 nitrogen and oxygen atoms in total. The molecule has 0 spiro atoms. The van der Waals surface area contributed by atoms with E-state index in [1.165, 1.54) is 0 Å². The number of aliphatic hydroxyl groups excluding tert-OH is 1. The predicted octanol–water partition coefficient (Wildman–Crippen LogP) is 2.61. The minimum Gasteiger partial charge on any atom is -0.388 e. The van der Waals surface area contributed by atoms with Crippen LogP contribution in [0.25, 0.3) is 16.9 Å². The third-order valence-electron chi connectivity index (χ3n) is 4.25. The highest BCUT2D eigenvalue weighted by Gasteiger charge is 2.10. The van der Waals surface area contributed by atoms with Gasteiger partial charge >= 0.3 is 0 Å². The summed E-state index contributed by atoms with van der Waals surface area (Å²) in [6.07, 6.45) is 0.828. The Balaban J connectivity index is 1.67. The number of imidazole rings is 1. The van der Waals surface area contributed by atoms with E-state index in [1.54, 1.807) is 30.0 Å². The summed E-state index contributed by atoms with van der Waals surface area (Å²) in [6.45, 7) is 3.44. The molecule has 1 aromatic carbocycles. The van der Waals surface area contributed by atoms with Crippen molar-refractivity contribution in [2.45, 2.75) is 20.0 Å². The molecule has 0 radical (unpaired) electrons. The van der Waals surface area contributed by atoms with Gasteiger partial charge in [0.25, 0.3) is 5.56 Å². The minimum absolute atomic E-state index is 0.319. The lowest BCUT2D eigenvalue weighted by molar-refractivity contribution is 0.197. The molecule has 3 N–H and O–H groups in total. The van der Waals surface area contributed by atoms with Crippen LogP contribution >= 0.6 is 0 Å². The Morgan fingerprint density at radius 1 is 1.15 bits per heavy atom. The number of nitrogens with zero attached hydrogens (tertiary/aromatic N) is 4. The molecule has 4 rings (SSSR count). The maximum atomic E-state index is 12.1. The van der Waals surface area contributed by atoms with E-state index in [-0.39, 0.29) is 5.56 Å². The summed E-state index contributed by atoms with van der Waals surface area (Å²) in [5, 5.41) is 20.9. The number of nitrogens with one attached hydrogen (secondary N) is 2. The van der Waals surface area contributed by atoms with E-state index in [0.29, 0.717) is 17.2 Å². The molecular formula is C19H18N6O2. The first-order valence-corrected chi connectivity index (χ1v) is 8.47. The first-order chi connectivity index (χ1) is 13.0. The molecule has 8 heteroatoms. The summed E-state index contributed by atoms with van der Waals surface area (Å²) in [5.41, 5.74) is 3.31. The third kappa shape index (κ3) is 3.30. The highest BCUT2D eigenvalue weighted by molar-refractivity contribution is 5.81. The van der Waals surface area contributed by atoms with Crippen LogP contribution in [0.1, 0.15) is 24.3 Å². The molecule has 0 bridgehead atoms. The summed E-state index contributed by atoms with van der Waals surface area (Å²) in [4.78, 5) is 19.3. The zero-order chi connectivity index (χ0) is 19.0. The van der Waals surface area contributed by atoms with E-state index in [4.69, 9.17) is 0 Å². The van der Waals surface area contributed by atoms with Crippen LogP contribution < -0.4 is 10.9 Å². The van der Waals surface area contributed by atoms with Crippen molar-refractivity contribution in [3.8, 4) is 5.82 Å². The molecule has 3 aromatic heterocycles. The van der Waals surface area contributed by atoms with Crippen molar-refractivity contribution in [3.05, 3.63) is 70.4 Å². The summed E-state index contributed by atoms with van der Waals surface area (Å²) in [6, 6.07) is 12.8. The molecule has 1 unspecified atom stereocenters. The van der Waals surface area contributed by atoms with Crippen molar-refractivity contribution in [3.63, 3.8) is 0 Å². The second kappa shape index (κ2) is 6.65. The van der Waals surface area contributed by atoms with Crippen LogP contribution in [0, 0.1) is 6.92 Å². The van der Waals surface area contributed by atoms with E-state index in [9.17, 15) is 9.90 Å². The average Bonchev–Trinajstić information content (AvgIpc) is 3.06. The smallest absolute Gasteiger partial charge is 0.255 e. The minimum atomic E-state index is -0.819. The summed E-state index contributed by atoms with van der Waals surface area (Å²) < 4.78 is 1.79. The maximum absolute atomic E-state index is 12.1. The van der Waals surface area contributed by atoms with E-state index in [0.717, 1.165) is 22.4 Å². The normalized spacial score (nSPS) is 12.3. The third-order valence-corrected chi connectivity index (χ3v) is 4.25. The number of rotatable bonds is 4. The number of H-pyrrole nitrogens is 1. The Morgan fingerprint density at radius 2 is 2.00 bits per heavy atom. The van der Waals surface area contributed by atoms with Gasteiger partial charge in [0, 0.05) is 11.3 Å². The Labute approximate surface area is 154 Å². The molecular weight excluding hydrogens is 344 g/mol. The van der Waals surface area contributed by atoms with Gasteiger partial charge in [-0.25, -0.2) is 4.98 Å². The van der Waals surface area contributed by atoms with Gasteiger partial charge in [-0.2, -0.15) is 5.10 Å². The molecule has 1 atom stereocenters. The van der Waals surface area contributed by atoms with Crippen LogP contribution in [0.5, 0.6) is 0 Å². The SMILES string of the molecule is Cc1ccc(Nc2ccc3c(c2)ncn3-c2ccc(C(C)O)c(=O)[nH]2)nn1. The topological polar surface area (TPSA) is 109 Å². The van der Waals surface area contributed by atoms with Crippen molar-refractivity contribution >= 4 is 22.5 Å². The first-order valence-electron chi connectivity index (χ1n) is 8.47. The van der Waals surface area contributed by atoms with Crippen molar-refractivity contribution < 1.29 is 5.11 Å². The molecule has 3 heterocycles. The monoisotopic (exact) mass is 362 g/mol. The van der Waals surface area contributed by atoms with Crippen LogP contribution in [-0.2, 0) is 0 Å². The quantitative estimate of drug-likeness (QED) is 0.515. The van der Waals surface area contributed by atoms with Crippen LogP contribution in [0.3, 0.4) is 0 Å². The first kappa shape index (κ1) is 16.9. The fourth-order valence-corrected chi connectivity index (χ4v) is 2.84. The maximum Gasteiger partial charge on any atom is 0.255 e. The molecule has 27 heavy (non-hydrogen) atoms. The predicted molar refractivity (Wildman–Crippen MR) is 102 cm³/mol. The Kier molecular flexibility index (Phi) is 4.17. The standard InChI is InChI=1S/C19H18N6O2/c1-11-3-7-17(24-23-11)21-13-4-6-16-15(9-13)20-10-25(16)18-8-5-14(12(2)26)19(27)22-18/h3-10,12,26H,1-2H3,(H,21,24)(H,22,27). The molecule has 0 amide bonds. The van der Waals surface area contributed by atoms with Gasteiger partial charge in [0.1, 0.15) is 12.1 Å². The van der Waals surface area contributed by atoms with Crippen molar-refractivity contribution in [1.82, 2.24) is 24.7 Å². The molecule has 0 saturated carbocycles. The summed E-state index contributed by atoms with van der Waals surface area (Å²) >= 11 is 0. The zero-order valence-electron chi connectivity index (χ0n) is 14.8. The molecule has 0 aliphatic carbocycles. The molecule has 0 fully saturated rings. The lowest BCUT2D eigenvalue weighted by Crippen LogP contribution is -2.16. The number of hydrogen-bond acceptors (Lipinski definition) is 6. The number of fused-ring (bicyclic) bond motifs is 1. The summed E-state index contributed by atoms with van der Waals surface area (Å²) in [5.74, 6) is 1.23. The number of hydrogen-bond donors (Lipinski definition) is 3. The van der Waals surface area contributed by atoms with E-state index >= 15 is 0 Å². The molecule has 0 saturated heterocycles. The number of aliphatic hydroxyl groups is 1. The van der Waals surface area contributed by atoms with Gasteiger partial charge < -0.3 is 15.4 Å². The number of benzene rings is 1. The van der Waals surface area contributed by atoms with Gasteiger partial charge in [-0.1, -0.05) is 0 Å². The van der Waals surface area contributed by atoms with Gasteiger partial charge in [-0.3, -0.25) is 9.36 Å². The van der Waals surface area contributed by atoms with Crippen LogP contribution in [-0.4, -0.2) is 29.8 Å². The van der Waals surface area contributed by atoms with Crippen molar-refractivity contribution in [2.24, 2.45) is 0 Å². The van der Waals surface area contributed by atoms with Gasteiger partial charge in [0.2, 0.25) is 0 Å². The van der Waals surface area contributed by atoms with Crippen LogP contribution in [0.15, 0.2) is 53.6 Å². The van der Waals surface area contributed by atoms with Gasteiger partial charge in [-0.15, -0.1) is 5.10 Å². The Hall–Kier alpha value is -3.52. The van der Waals surface area contributed by atoms with Crippen LogP contribution in [0.2, 0.25) is 0 Å². The Bertz CT molecular complexity index is 1160. The number of pyridine rings is 1. The highest BCUT2D eigenvalue weighted by atomic mass is 16.3. The number of aromatic nitrogens is 5. The van der Waals surface area contributed by atoms with Crippen molar-refractivity contribution in [1.29, 1.82) is 0 Å². The lowest BCUT2D eigenvalue weighted by Gasteiger charge is -2.08. The molecule has 0 aliphatic rings. The second-order valence-corrected chi connectivity index (χ2v) is 6.31. The number of aromatic amines is 1. The highest BCUT2D eigenvalue weighted by Crippen LogP contribution is 2.22. The van der Waals surface area contributed by atoms with Gasteiger partial charge in [-0.05, 0) is 56.3 Å². The fourth-order valence-electron chi connectivity index (χ4n) is 2.84. The molecule has 4 aromatic rings. The van der Waals surface area contributed by atoms with Gasteiger partial charge in [0.15, 0.2) is 5.82 Å². The van der Waals surface area contributed by atoms with E-state index in [1.807, 2.05) is 37.3 Å². The van der Waals surface area contributed by atoms with E-state index in [2.05, 4.69) is 25.5 Å². The van der Waals surface area contributed by atoms with Gasteiger partial charge in [0.05, 0.1) is 22.8 Å². The molecule has 136 valence electrons. The zero-order valence-corrected chi connectivity index (χ0v) is 14.8. The second-order valence-electron chi connectivity index (χ2n) is 6.31. The summed E-state index contributed by atoms with van der Waals surface area (Å²) in [7, 11) is 0. The largest absolute Gasteiger partial charge is 0.388 e. The fraction of sp³-hybridized carbons (Fsp3) is 0.158. The van der Waals surface area contributed by atoms with Crippen LogP contribution in [0.4, 0.5) is 11.5 Å². The molecule has 0 aliphatic heterocycles. The van der Waals surface area contributed by atoms with E-state index < -0.39 is 6.10 Å². The lowest BCUT2D eigenvalue weighted by atomic mass is 10.2. The average molecular weight is 362 g/mol. The van der Waals surface area contributed by atoms with Crippen molar-refractivity contribution in [2.75, 3.05) is 5.32 Å². The number of aryl methyl sites for hydroxylation is 1. The number of anilines is 2. The Morgan fingerprint density at radius 3 is 2.70 bits per heavy atom.